The third kappa shape index (κ3) is 4.73. The van der Waals surface area contributed by atoms with Gasteiger partial charge in [-0.25, -0.2) is 0 Å². The van der Waals surface area contributed by atoms with Crippen molar-refractivity contribution < 1.29 is 14.7 Å². The van der Waals surface area contributed by atoms with Crippen LogP contribution in [0.2, 0.25) is 0 Å². The van der Waals surface area contributed by atoms with E-state index in [1.165, 1.54) is 0 Å². The monoisotopic (exact) mass is 242 g/mol. The molecular formula is C12H22N2O3. The molecule has 1 aliphatic heterocycles. The molecule has 5 heteroatoms. The number of hydrogen-bond acceptors (Lipinski definition) is 3. The van der Waals surface area contributed by atoms with E-state index in [0.717, 1.165) is 25.9 Å². The summed E-state index contributed by atoms with van der Waals surface area (Å²) in [6, 6.07) is -0.506. The lowest BCUT2D eigenvalue weighted by Crippen LogP contribution is -2.46. The summed E-state index contributed by atoms with van der Waals surface area (Å²) in [7, 11) is 0. The van der Waals surface area contributed by atoms with Gasteiger partial charge in [0.25, 0.3) is 0 Å². The summed E-state index contributed by atoms with van der Waals surface area (Å²) < 4.78 is 0. The van der Waals surface area contributed by atoms with Gasteiger partial charge in [0.1, 0.15) is 0 Å². The summed E-state index contributed by atoms with van der Waals surface area (Å²) in [6.07, 6.45) is 1.77. The Morgan fingerprint density at radius 3 is 2.88 bits per heavy atom. The summed E-state index contributed by atoms with van der Waals surface area (Å²) in [5, 5.41) is 11.6. The molecular weight excluding hydrogens is 220 g/mol. The van der Waals surface area contributed by atoms with Gasteiger partial charge in [-0.05, 0) is 25.3 Å². The van der Waals surface area contributed by atoms with E-state index in [9.17, 15) is 9.59 Å². The van der Waals surface area contributed by atoms with Crippen molar-refractivity contribution in [3.05, 3.63) is 0 Å². The van der Waals surface area contributed by atoms with Crippen LogP contribution >= 0.6 is 0 Å². The highest BCUT2D eigenvalue weighted by atomic mass is 16.4. The molecule has 1 heterocycles. The Balaban J connectivity index is 2.65. The SMILES string of the molecule is CC(C)CCN1CCCNC(=O)C1CC(=O)O. The predicted molar refractivity (Wildman–Crippen MR) is 64.7 cm³/mol. The smallest absolute Gasteiger partial charge is 0.305 e. The number of carboxylic acids is 1. The van der Waals surface area contributed by atoms with Crippen molar-refractivity contribution in [3.8, 4) is 0 Å². The number of nitrogens with zero attached hydrogens (tertiary/aromatic N) is 1. The van der Waals surface area contributed by atoms with Gasteiger partial charge in [-0.1, -0.05) is 13.8 Å². The number of amides is 1. The van der Waals surface area contributed by atoms with Crippen molar-refractivity contribution in [2.24, 2.45) is 5.92 Å². The fourth-order valence-electron chi connectivity index (χ4n) is 2.01. The van der Waals surface area contributed by atoms with Crippen LogP contribution in [0.15, 0.2) is 0 Å². The minimum absolute atomic E-state index is 0.107. The predicted octanol–water partition coefficient (Wildman–Crippen LogP) is 0.698. The van der Waals surface area contributed by atoms with Crippen molar-refractivity contribution in [2.45, 2.75) is 39.2 Å². The van der Waals surface area contributed by atoms with Crippen LogP contribution in [0.25, 0.3) is 0 Å². The van der Waals surface area contributed by atoms with Gasteiger partial charge in [0, 0.05) is 13.1 Å². The molecule has 1 amide bonds. The van der Waals surface area contributed by atoms with E-state index in [-0.39, 0.29) is 12.3 Å². The Kier molecular flexibility index (Phi) is 5.41. The van der Waals surface area contributed by atoms with Gasteiger partial charge in [-0.3, -0.25) is 14.5 Å². The fraction of sp³-hybridized carbons (Fsp3) is 0.833. The Labute approximate surface area is 102 Å². The van der Waals surface area contributed by atoms with Gasteiger partial charge in [0.15, 0.2) is 0 Å². The van der Waals surface area contributed by atoms with Gasteiger partial charge in [0.2, 0.25) is 5.91 Å². The van der Waals surface area contributed by atoms with E-state index < -0.39 is 12.0 Å². The Hall–Kier alpha value is -1.10. The number of nitrogens with one attached hydrogen (secondary N) is 1. The summed E-state index contributed by atoms with van der Waals surface area (Å²) >= 11 is 0. The zero-order valence-corrected chi connectivity index (χ0v) is 10.6. The van der Waals surface area contributed by atoms with Crippen LogP contribution in [-0.4, -0.2) is 47.6 Å². The van der Waals surface area contributed by atoms with Crippen molar-refractivity contribution in [1.82, 2.24) is 10.2 Å². The fourth-order valence-corrected chi connectivity index (χ4v) is 2.01. The zero-order chi connectivity index (χ0) is 12.8. The molecule has 0 bridgehead atoms. The first-order valence-corrected chi connectivity index (χ1v) is 6.24. The van der Waals surface area contributed by atoms with Gasteiger partial charge in [0.05, 0.1) is 12.5 Å². The molecule has 1 aliphatic rings. The van der Waals surface area contributed by atoms with Crippen LogP contribution in [0.5, 0.6) is 0 Å². The second-order valence-electron chi connectivity index (χ2n) is 4.98. The van der Waals surface area contributed by atoms with Crippen LogP contribution < -0.4 is 5.32 Å². The molecule has 5 nitrogen and oxygen atoms in total. The Bertz CT molecular complexity index is 279. The molecule has 1 unspecified atom stereocenters. The van der Waals surface area contributed by atoms with Crippen molar-refractivity contribution >= 4 is 11.9 Å². The summed E-state index contributed by atoms with van der Waals surface area (Å²) in [5.41, 5.74) is 0. The molecule has 0 spiro atoms. The maximum absolute atomic E-state index is 11.8. The molecule has 0 aromatic heterocycles. The van der Waals surface area contributed by atoms with Crippen molar-refractivity contribution in [3.63, 3.8) is 0 Å². The third-order valence-electron chi connectivity index (χ3n) is 3.03. The number of carbonyl (C=O) groups excluding carboxylic acids is 1. The van der Waals surface area contributed by atoms with Crippen molar-refractivity contribution in [1.29, 1.82) is 0 Å². The molecule has 0 aromatic rings. The van der Waals surface area contributed by atoms with Crippen LogP contribution in [0.4, 0.5) is 0 Å². The minimum Gasteiger partial charge on any atom is -0.481 e. The molecule has 1 saturated heterocycles. The van der Waals surface area contributed by atoms with E-state index >= 15 is 0 Å². The minimum atomic E-state index is -0.915. The molecule has 0 aromatic carbocycles. The Morgan fingerprint density at radius 2 is 2.29 bits per heavy atom. The lowest BCUT2D eigenvalue weighted by atomic mass is 10.1. The average molecular weight is 242 g/mol. The molecule has 17 heavy (non-hydrogen) atoms. The van der Waals surface area contributed by atoms with Crippen molar-refractivity contribution in [2.75, 3.05) is 19.6 Å². The van der Waals surface area contributed by atoms with E-state index in [4.69, 9.17) is 5.11 Å². The van der Waals surface area contributed by atoms with E-state index in [2.05, 4.69) is 19.2 Å². The molecule has 1 rings (SSSR count). The number of rotatable bonds is 5. The number of carbonyl (C=O) groups is 2. The molecule has 2 N–H and O–H groups in total. The highest BCUT2D eigenvalue weighted by Gasteiger charge is 2.29. The molecule has 0 radical (unpaired) electrons. The molecule has 1 atom stereocenters. The van der Waals surface area contributed by atoms with E-state index in [0.29, 0.717) is 12.5 Å². The molecule has 98 valence electrons. The first kappa shape index (κ1) is 14.0. The van der Waals surface area contributed by atoms with Gasteiger partial charge < -0.3 is 10.4 Å². The van der Waals surface area contributed by atoms with Gasteiger partial charge in [-0.15, -0.1) is 0 Å². The first-order chi connectivity index (χ1) is 8.00. The first-order valence-electron chi connectivity index (χ1n) is 6.24. The Morgan fingerprint density at radius 1 is 1.59 bits per heavy atom. The van der Waals surface area contributed by atoms with Crippen LogP contribution in [0.3, 0.4) is 0 Å². The summed E-state index contributed by atoms with van der Waals surface area (Å²) in [6.45, 7) is 6.49. The lowest BCUT2D eigenvalue weighted by molar-refractivity contribution is -0.141. The van der Waals surface area contributed by atoms with Crippen LogP contribution in [0, 0.1) is 5.92 Å². The quantitative estimate of drug-likeness (QED) is 0.744. The highest BCUT2D eigenvalue weighted by Crippen LogP contribution is 2.12. The number of hydrogen-bond donors (Lipinski definition) is 2. The zero-order valence-electron chi connectivity index (χ0n) is 10.6. The maximum atomic E-state index is 11.8. The summed E-state index contributed by atoms with van der Waals surface area (Å²) in [4.78, 5) is 24.6. The van der Waals surface area contributed by atoms with Gasteiger partial charge in [-0.2, -0.15) is 0 Å². The summed E-state index contributed by atoms with van der Waals surface area (Å²) in [5.74, 6) is -0.498. The third-order valence-corrected chi connectivity index (χ3v) is 3.03. The lowest BCUT2D eigenvalue weighted by Gasteiger charge is -2.27. The molecule has 0 saturated carbocycles. The van der Waals surface area contributed by atoms with E-state index in [1.807, 2.05) is 4.90 Å². The normalized spacial score (nSPS) is 22.3. The number of carboxylic acid groups (broad SMARTS) is 1. The average Bonchev–Trinajstić information content (AvgIpc) is 2.39. The van der Waals surface area contributed by atoms with Crippen LogP contribution in [-0.2, 0) is 9.59 Å². The maximum Gasteiger partial charge on any atom is 0.305 e. The largest absolute Gasteiger partial charge is 0.481 e. The standard InChI is InChI=1S/C12H22N2O3/c1-9(2)4-7-14-6-3-5-13-12(17)10(14)8-11(15)16/h9-10H,3-8H2,1-2H3,(H,13,17)(H,15,16). The van der Waals surface area contributed by atoms with E-state index in [1.54, 1.807) is 0 Å². The second-order valence-corrected chi connectivity index (χ2v) is 4.98. The topological polar surface area (TPSA) is 69.6 Å². The van der Waals surface area contributed by atoms with Crippen LogP contribution in [0.1, 0.15) is 33.1 Å². The number of aliphatic carboxylic acids is 1. The molecule has 1 fully saturated rings. The second kappa shape index (κ2) is 6.59. The van der Waals surface area contributed by atoms with Gasteiger partial charge >= 0.3 is 5.97 Å². The highest BCUT2D eigenvalue weighted by molar-refractivity contribution is 5.86. The molecule has 0 aliphatic carbocycles.